The van der Waals surface area contributed by atoms with Gasteiger partial charge in [0.05, 0.1) is 6.04 Å². The van der Waals surface area contributed by atoms with Crippen molar-refractivity contribution < 1.29 is 19.1 Å². The Morgan fingerprint density at radius 3 is 2.19 bits per heavy atom. The highest BCUT2D eigenvalue weighted by molar-refractivity contribution is 5.94. The molecule has 0 unspecified atom stereocenters. The Hall–Kier alpha value is -2.87. The largest absolute Gasteiger partial charge is 0.487 e. The van der Waals surface area contributed by atoms with E-state index >= 15 is 0 Å². The Morgan fingerprint density at radius 2 is 1.67 bits per heavy atom. The third kappa shape index (κ3) is 7.56. The van der Waals surface area contributed by atoms with Crippen LogP contribution in [0, 0.1) is 17.8 Å². The van der Waals surface area contributed by atoms with Crippen LogP contribution in [0.2, 0.25) is 0 Å². The molecule has 0 aromatic heterocycles. The van der Waals surface area contributed by atoms with E-state index in [9.17, 15) is 14.4 Å². The van der Waals surface area contributed by atoms with Crippen molar-refractivity contribution in [3.8, 4) is 5.75 Å². The molecule has 1 aromatic rings. The molecular formula is C28H44N4O4. The monoisotopic (exact) mass is 500 g/mol. The van der Waals surface area contributed by atoms with Crippen molar-refractivity contribution in [2.45, 2.75) is 78.6 Å². The van der Waals surface area contributed by atoms with Crippen LogP contribution in [0.15, 0.2) is 30.5 Å². The van der Waals surface area contributed by atoms with Crippen molar-refractivity contribution in [1.29, 1.82) is 0 Å². The van der Waals surface area contributed by atoms with E-state index < -0.39 is 30.1 Å². The number of carbonyl (C=O) groups excluding carboxylic acids is 3. The molecule has 0 saturated heterocycles. The Bertz CT molecular complexity index is 913. The van der Waals surface area contributed by atoms with Crippen LogP contribution in [0.4, 0.5) is 0 Å². The molecular weight excluding hydrogens is 456 g/mol. The molecule has 2 aliphatic heterocycles. The summed E-state index contributed by atoms with van der Waals surface area (Å²) in [4.78, 5) is 42.2. The molecule has 0 radical (unpaired) electrons. The molecule has 6 atom stereocenters. The molecule has 200 valence electrons. The highest BCUT2D eigenvalue weighted by atomic mass is 16.5. The number of carbonyl (C=O) groups is 3. The highest BCUT2D eigenvalue weighted by Crippen LogP contribution is 2.22. The fourth-order valence-corrected chi connectivity index (χ4v) is 4.42. The van der Waals surface area contributed by atoms with E-state index in [-0.39, 0.29) is 29.6 Å². The zero-order chi connectivity index (χ0) is 27.0. The van der Waals surface area contributed by atoms with Crippen LogP contribution >= 0.6 is 0 Å². The molecule has 3 rings (SSSR count). The van der Waals surface area contributed by atoms with Gasteiger partial charge in [-0.2, -0.15) is 0 Å². The average Bonchev–Trinajstić information content (AvgIpc) is 2.83. The van der Waals surface area contributed by atoms with Gasteiger partial charge in [0, 0.05) is 6.20 Å². The van der Waals surface area contributed by atoms with Crippen molar-refractivity contribution >= 4 is 23.8 Å². The highest BCUT2D eigenvalue weighted by Gasteiger charge is 2.39. The zero-order valence-electron chi connectivity index (χ0n) is 23.0. The maximum absolute atomic E-state index is 13.8. The first-order valence-corrected chi connectivity index (χ1v) is 13.0. The van der Waals surface area contributed by atoms with E-state index in [4.69, 9.17) is 4.74 Å². The van der Waals surface area contributed by atoms with Crippen molar-refractivity contribution in [1.82, 2.24) is 20.9 Å². The summed E-state index contributed by atoms with van der Waals surface area (Å²) in [6.07, 6.45) is 4.23. The van der Waals surface area contributed by atoms with E-state index in [1.807, 2.05) is 84.8 Å². The van der Waals surface area contributed by atoms with Gasteiger partial charge in [0.25, 0.3) is 0 Å². The van der Waals surface area contributed by atoms with Gasteiger partial charge >= 0.3 is 0 Å². The van der Waals surface area contributed by atoms with E-state index in [0.717, 1.165) is 12.0 Å². The van der Waals surface area contributed by atoms with Gasteiger partial charge < -0.3 is 20.7 Å². The van der Waals surface area contributed by atoms with Crippen LogP contribution < -0.4 is 20.7 Å². The number of ether oxygens (including phenoxy) is 1. The first-order chi connectivity index (χ1) is 17.0. The molecule has 8 nitrogen and oxygen atoms in total. The minimum atomic E-state index is -0.999. The topological polar surface area (TPSA) is 99.8 Å². The fraction of sp³-hybridized carbons (Fsp3) is 0.607. The summed E-state index contributed by atoms with van der Waals surface area (Å²) < 4.78 is 6.32. The smallest absolute Gasteiger partial charge is 0.247 e. The van der Waals surface area contributed by atoms with E-state index in [2.05, 4.69) is 16.0 Å². The molecule has 0 aliphatic carbocycles. The maximum Gasteiger partial charge on any atom is 0.247 e. The summed E-state index contributed by atoms with van der Waals surface area (Å²) in [5.74, 6) is -0.528. The molecule has 1 aromatic carbocycles. The van der Waals surface area contributed by atoms with Crippen LogP contribution in [0.3, 0.4) is 0 Å². The standard InChI is InChI=1S/C28H44N4O4/c1-9-18(5)22-26(33)29-16-15-20-11-13-21(14-12-20)36-25(17(3)4)23(27(34)30-22)31-28(35)24(32(7)8)19(6)10-2/h11-19,22-25H,9-10H2,1-8H3,(H,29,33)(H,30,34)(H,31,35)/b16-15+/t18-,19-,22-,23-,24-,25+/m0/s1. The fourth-order valence-electron chi connectivity index (χ4n) is 4.42. The summed E-state index contributed by atoms with van der Waals surface area (Å²) in [5.41, 5.74) is 0.900. The first-order valence-electron chi connectivity index (χ1n) is 13.0. The Morgan fingerprint density at radius 1 is 1.03 bits per heavy atom. The quantitative estimate of drug-likeness (QED) is 0.509. The zero-order valence-corrected chi connectivity index (χ0v) is 23.0. The van der Waals surface area contributed by atoms with Crippen LogP contribution in [0.1, 0.15) is 59.9 Å². The van der Waals surface area contributed by atoms with Gasteiger partial charge in [0.2, 0.25) is 17.7 Å². The molecule has 2 aliphatic rings. The number of likely N-dealkylation sites (N-methyl/N-ethyl adjacent to an activating group) is 1. The molecule has 36 heavy (non-hydrogen) atoms. The number of rotatable bonds is 8. The molecule has 3 amide bonds. The van der Waals surface area contributed by atoms with Gasteiger partial charge in [-0.1, -0.05) is 66.5 Å². The summed E-state index contributed by atoms with van der Waals surface area (Å²) >= 11 is 0. The van der Waals surface area contributed by atoms with E-state index in [1.54, 1.807) is 12.3 Å². The number of nitrogens with one attached hydrogen (secondary N) is 3. The number of hydrogen-bond acceptors (Lipinski definition) is 5. The van der Waals surface area contributed by atoms with Crippen LogP contribution in [0.25, 0.3) is 6.08 Å². The third-order valence-corrected chi connectivity index (χ3v) is 7.02. The lowest BCUT2D eigenvalue weighted by Gasteiger charge is -2.35. The second-order valence-corrected chi connectivity index (χ2v) is 10.4. The van der Waals surface area contributed by atoms with Crippen molar-refractivity contribution in [2.75, 3.05) is 14.1 Å². The predicted octanol–water partition coefficient (Wildman–Crippen LogP) is 3.18. The normalized spacial score (nSPS) is 24.2. The van der Waals surface area contributed by atoms with Gasteiger partial charge in [-0.3, -0.25) is 19.3 Å². The minimum absolute atomic E-state index is 0.0814. The molecule has 2 heterocycles. The Labute approximate surface area is 216 Å². The summed E-state index contributed by atoms with van der Waals surface area (Å²) in [7, 11) is 3.72. The number of fused-ring (bicyclic) bond motifs is 10. The van der Waals surface area contributed by atoms with Gasteiger partial charge in [-0.25, -0.2) is 0 Å². The number of hydrogen-bond donors (Lipinski definition) is 3. The van der Waals surface area contributed by atoms with Gasteiger partial charge in [-0.05, 0) is 55.6 Å². The third-order valence-electron chi connectivity index (χ3n) is 7.02. The Balaban J connectivity index is 2.54. The minimum Gasteiger partial charge on any atom is -0.487 e. The summed E-state index contributed by atoms with van der Waals surface area (Å²) in [6, 6.07) is 5.23. The summed E-state index contributed by atoms with van der Waals surface area (Å²) in [5, 5.41) is 8.71. The molecule has 8 heteroatoms. The number of nitrogens with zero attached hydrogens (tertiary/aromatic N) is 1. The molecule has 2 bridgehead atoms. The number of benzene rings is 1. The second kappa shape index (κ2) is 13.4. The van der Waals surface area contributed by atoms with Gasteiger partial charge in [-0.15, -0.1) is 0 Å². The van der Waals surface area contributed by atoms with Crippen molar-refractivity contribution in [3.05, 3.63) is 36.0 Å². The van der Waals surface area contributed by atoms with Crippen LogP contribution in [-0.2, 0) is 14.4 Å². The van der Waals surface area contributed by atoms with Crippen LogP contribution in [-0.4, -0.2) is 60.9 Å². The summed E-state index contributed by atoms with van der Waals surface area (Å²) in [6.45, 7) is 11.9. The average molecular weight is 501 g/mol. The lowest BCUT2D eigenvalue weighted by atomic mass is 9.93. The lowest BCUT2D eigenvalue weighted by molar-refractivity contribution is -0.137. The van der Waals surface area contributed by atoms with Crippen molar-refractivity contribution in [2.24, 2.45) is 17.8 Å². The first kappa shape index (κ1) is 29.4. The van der Waals surface area contributed by atoms with Crippen molar-refractivity contribution in [3.63, 3.8) is 0 Å². The molecule has 0 spiro atoms. The molecule has 3 N–H and O–H groups in total. The van der Waals surface area contributed by atoms with E-state index in [0.29, 0.717) is 12.2 Å². The lowest BCUT2D eigenvalue weighted by Crippen LogP contribution is -2.62. The molecule has 0 saturated carbocycles. The molecule has 0 fully saturated rings. The maximum atomic E-state index is 13.8. The Kier molecular flexibility index (Phi) is 11.0. The van der Waals surface area contributed by atoms with Crippen LogP contribution in [0.5, 0.6) is 5.75 Å². The van der Waals surface area contributed by atoms with Gasteiger partial charge in [0.15, 0.2) is 0 Å². The predicted molar refractivity (Wildman–Crippen MR) is 143 cm³/mol. The van der Waals surface area contributed by atoms with Gasteiger partial charge in [0.1, 0.15) is 23.9 Å². The van der Waals surface area contributed by atoms with E-state index in [1.165, 1.54) is 0 Å². The number of amides is 3. The second-order valence-electron chi connectivity index (χ2n) is 10.4. The SMILES string of the molecule is CC[C@H](C)[C@@H]1NC(=O)[C@@H](NC(=O)[C@H]([C@@H](C)CC)N(C)C)[C@@H](C(C)C)Oc2ccc(cc2)/C=C/NC1=O.